The highest BCUT2D eigenvalue weighted by atomic mass is 32.2. The maximum absolute atomic E-state index is 12.9. The van der Waals surface area contributed by atoms with Crippen LogP contribution in [0.15, 0.2) is 41.4 Å². The summed E-state index contributed by atoms with van der Waals surface area (Å²) in [5, 5.41) is 5.30. The van der Waals surface area contributed by atoms with Gasteiger partial charge in [-0.1, -0.05) is 6.07 Å². The van der Waals surface area contributed by atoms with Gasteiger partial charge in [-0.2, -0.15) is 0 Å². The third-order valence-corrected chi connectivity index (χ3v) is 6.01. The topological polar surface area (TPSA) is 93.4 Å². The van der Waals surface area contributed by atoms with Gasteiger partial charge in [0.15, 0.2) is 0 Å². The third kappa shape index (κ3) is 3.94. The first-order chi connectivity index (χ1) is 12.3. The summed E-state index contributed by atoms with van der Waals surface area (Å²) in [6, 6.07) is 8.97. The standard InChI is InChI=1S/C19H23N3O3S/c1-13-9-16(11-18(14(13)2)26(20,24)25)19(23)22-8-6-15(12-22)10-17-5-3-4-7-21-17/h3-5,7,9,11,15H,6,8,10,12H2,1-2H3,(H2,20,24,25). The fourth-order valence-corrected chi connectivity index (χ4v) is 4.31. The Bertz CT molecular complexity index is 927. The lowest BCUT2D eigenvalue weighted by Crippen LogP contribution is -2.29. The SMILES string of the molecule is Cc1cc(C(=O)N2CCC(Cc3ccccn3)C2)cc(S(N)(=O)=O)c1C. The second-order valence-corrected chi connectivity index (χ2v) is 8.42. The largest absolute Gasteiger partial charge is 0.338 e. The summed E-state index contributed by atoms with van der Waals surface area (Å²) in [7, 11) is -3.87. The number of sulfonamides is 1. The second-order valence-electron chi connectivity index (χ2n) is 6.89. The molecule has 1 unspecified atom stereocenters. The molecule has 0 bridgehead atoms. The number of aromatic nitrogens is 1. The minimum atomic E-state index is -3.87. The van der Waals surface area contributed by atoms with Gasteiger partial charge in [-0.15, -0.1) is 0 Å². The van der Waals surface area contributed by atoms with Crippen LogP contribution in [0.25, 0.3) is 0 Å². The van der Waals surface area contributed by atoms with Gasteiger partial charge in [0.25, 0.3) is 5.91 Å². The lowest BCUT2D eigenvalue weighted by Gasteiger charge is -2.18. The number of rotatable bonds is 4. The van der Waals surface area contributed by atoms with E-state index in [0.717, 1.165) is 24.1 Å². The van der Waals surface area contributed by atoms with Crippen molar-refractivity contribution in [3.63, 3.8) is 0 Å². The van der Waals surface area contributed by atoms with Crippen LogP contribution < -0.4 is 5.14 Å². The molecule has 3 rings (SSSR count). The highest BCUT2D eigenvalue weighted by molar-refractivity contribution is 7.89. The molecule has 1 aromatic heterocycles. The second kappa shape index (κ2) is 7.17. The molecule has 0 aliphatic carbocycles. The van der Waals surface area contributed by atoms with E-state index in [-0.39, 0.29) is 10.8 Å². The van der Waals surface area contributed by atoms with Crippen molar-refractivity contribution < 1.29 is 13.2 Å². The highest BCUT2D eigenvalue weighted by Gasteiger charge is 2.28. The summed E-state index contributed by atoms with van der Waals surface area (Å²) in [5.41, 5.74) is 2.72. The van der Waals surface area contributed by atoms with Crippen molar-refractivity contribution >= 4 is 15.9 Å². The quantitative estimate of drug-likeness (QED) is 0.887. The van der Waals surface area contributed by atoms with E-state index in [1.807, 2.05) is 18.2 Å². The lowest BCUT2D eigenvalue weighted by atomic mass is 10.0. The Morgan fingerprint density at radius 2 is 2.08 bits per heavy atom. The van der Waals surface area contributed by atoms with Crippen LogP contribution in [0.5, 0.6) is 0 Å². The van der Waals surface area contributed by atoms with E-state index >= 15 is 0 Å². The summed E-state index contributed by atoms with van der Waals surface area (Å²) in [4.78, 5) is 19.0. The number of benzene rings is 1. The van der Waals surface area contributed by atoms with E-state index < -0.39 is 10.0 Å². The number of carbonyl (C=O) groups excluding carboxylic acids is 1. The zero-order valence-corrected chi connectivity index (χ0v) is 15.8. The molecule has 1 aromatic carbocycles. The van der Waals surface area contributed by atoms with Crippen LogP contribution in [0.2, 0.25) is 0 Å². The molecule has 2 aromatic rings. The molecular weight excluding hydrogens is 350 g/mol. The molecule has 7 heteroatoms. The zero-order chi connectivity index (χ0) is 18.9. The number of hydrogen-bond donors (Lipinski definition) is 1. The Hall–Kier alpha value is -2.25. The van der Waals surface area contributed by atoms with Crippen LogP contribution in [-0.4, -0.2) is 37.3 Å². The molecule has 2 heterocycles. The van der Waals surface area contributed by atoms with E-state index in [4.69, 9.17) is 5.14 Å². The van der Waals surface area contributed by atoms with E-state index in [0.29, 0.717) is 30.1 Å². The van der Waals surface area contributed by atoms with Crippen molar-refractivity contribution in [2.45, 2.75) is 31.6 Å². The summed E-state index contributed by atoms with van der Waals surface area (Å²) in [5.74, 6) is 0.208. The molecule has 1 fully saturated rings. The first-order valence-corrected chi connectivity index (χ1v) is 10.1. The summed E-state index contributed by atoms with van der Waals surface area (Å²) < 4.78 is 23.6. The smallest absolute Gasteiger partial charge is 0.253 e. The maximum Gasteiger partial charge on any atom is 0.253 e. The van der Waals surface area contributed by atoms with Gasteiger partial charge in [-0.05, 0) is 68.0 Å². The molecule has 1 amide bonds. The number of carbonyl (C=O) groups is 1. The summed E-state index contributed by atoms with van der Waals surface area (Å²) >= 11 is 0. The van der Waals surface area contributed by atoms with Crippen LogP contribution in [0.1, 0.15) is 33.6 Å². The number of amides is 1. The Balaban J connectivity index is 1.77. The lowest BCUT2D eigenvalue weighted by molar-refractivity contribution is 0.0786. The van der Waals surface area contributed by atoms with Crippen molar-refractivity contribution in [3.05, 3.63) is 58.9 Å². The average Bonchev–Trinajstić information content (AvgIpc) is 3.05. The van der Waals surface area contributed by atoms with E-state index in [1.165, 1.54) is 6.07 Å². The maximum atomic E-state index is 12.9. The number of pyridine rings is 1. The van der Waals surface area contributed by atoms with Gasteiger partial charge in [0.05, 0.1) is 4.90 Å². The monoisotopic (exact) mass is 373 g/mol. The number of likely N-dealkylation sites (tertiary alicyclic amines) is 1. The molecule has 1 aliphatic rings. The number of aryl methyl sites for hydroxylation is 1. The molecule has 138 valence electrons. The average molecular weight is 373 g/mol. The molecule has 1 saturated heterocycles. The molecule has 6 nitrogen and oxygen atoms in total. The van der Waals surface area contributed by atoms with Crippen molar-refractivity contribution in [2.75, 3.05) is 13.1 Å². The van der Waals surface area contributed by atoms with Crippen molar-refractivity contribution in [2.24, 2.45) is 11.1 Å². The first kappa shape index (κ1) is 18.5. The molecule has 0 radical (unpaired) electrons. The van der Waals surface area contributed by atoms with E-state index in [9.17, 15) is 13.2 Å². The summed E-state index contributed by atoms with van der Waals surface area (Å²) in [6.07, 6.45) is 3.52. The van der Waals surface area contributed by atoms with Crippen LogP contribution in [0.3, 0.4) is 0 Å². The predicted octanol–water partition coefficient (Wildman–Crippen LogP) is 2.05. The van der Waals surface area contributed by atoms with Gasteiger partial charge in [-0.3, -0.25) is 9.78 Å². The summed E-state index contributed by atoms with van der Waals surface area (Å²) in [6.45, 7) is 4.79. The van der Waals surface area contributed by atoms with Gasteiger partial charge >= 0.3 is 0 Å². The molecule has 1 aliphatic heterocycles. The van der Waals surface area contributed by atoms with Gasteiger partial charge in [0, 0.05) is 30.5 Å². The molecule has 1 atom stereocenters. The number of nitrogens with zero attached hydrogens (tertiary/aromatic N) is 2. The Morgan fingerprint density at radius 3 is 2.73 bits per heavy atom. The fraction of sp³-hybridized carbons (Fsp3) is 0.368. The Kier molecular flexibility index (Phi) is 5.11. The van der Waals surface area contributed by atoms with Crippen LogP contribution >= 0.6 is 0 Å². The molecular formula is C19H23N3O3S. The van der Waals surface area contributed by atoms with Crippen molar-refractivity contribution in [1.82, 2.24) is 9.88 Å². The first-order valence-electron chi connectivity index (χ1n) is 8.59. The number of primary sulfonamides is 1. The van der Waals surface area contributed by atoms with Gasteiger partial charge in [0.1, 0.15) is 0 Å². The van der Waals surface area contributed by atoms with Gasteiger partial charge in [0.2, 0.25) is 10.0 Å². The van der Waals surface area contributed by atoms with Crippen LogP contribution in [0.4, 0.5) is 0 Å². The zero-order valence-electron chi connectivity index (χ0n) is 15.0. The van der Waals surface area contributed by atoms with Gasteiger partial charge in [-0.25, -0.2) is 13.6 Å². The minimum Gasteiger partial charge on any atom is -0.338 e. The normalized spacial score (nSPS) is 17.5. The van der Waals surface area contributed by atoms with E-state index in [2.05, 4.69) is 4.98 Å². The number of nitrogens with two attached hydrogens (primary N) is 1. The van der Waals surface area contributed by atoms with Gasteiger partial charge < -0.3 is 4.90 Å². The van der Waals surface area contributed by atoms with Crippen molar-refractivity contribution in [1.29, 1.82) is 0 Å². The van der Waals surface area contributed by atoms with Crippen molar-refractivity contribution in [3.8, 4) is 0 Å². The van der Waals surface area contributed by atoms with Crippen LogP contribution in [-0.2, 0) is 16.4 Å². The van der Waals surface area contributed by atoms with Crippen LogP contribution in [0, 0.1) is 19.8 Å². The predicted molar refractivity (Wildman–Crippen MR) is 99.2 cm³/mol. The van der Waals surface area contributed by atoms with E-state index in [1.54, 1.807) is 31.0 Å². The minimum absolute atomic E-state index is 0.0186. The molecule has 0 spiro atoms. The molecule has 2 N–H and O–H groups in total. The molecule has 0 saturated carbocycles. The number of hydrogen-bond acceptors (Lipinski definition) is 4. The Labute approximate surface area is 154 Å². The fourth-order valence-electron chi connectivity index (χ4n) is 3.43. The highest BCUT2D eigenvalue weighted by Crippen LogP contribution is 2.25. The third-order valence-electron chi connectivity index (χ3n) is 4.97. The molecule has 26 heavy (non-hydrogen) atoms. The Morgan fingerprint density at radius 1 is 1.31 bits per heavy atom.